The average Bonchev–Trinajstić information content (AvgIpc) is 3.35. The minimum atomic E-state index is -0.877. The molecule has 1 aliphatic rings. The molecule has 3 amide bonds. The minimum Gasteiger partial charge on any atom is -0.471 e. The maximum atomic E-state index is 14.0. The van der Waals surface area contributed by atoms with Crippen molar-refractivity contribution in [2.45, 2.75) is 38.9 Å². The fourth-order valence-corrected chi connectivity index (χ4v) is 4.18. The molecule has 1 saturated heterocycles. The number of aliphatic hydroxyl groups is 1. The molecule has 9 nitrogen and oxygen atoms in total. The van der Waals surface area contributed by atoms with Gasteiger partial charge in [0.2, 0.25) is 5.88 Å². The lowest BCUT2D eigenvalue weighted by molar-refractivity contribution is 0.0996. The van der Waals surface area contributed by atoms with Crippen molar-refractivity contribution < 1.29 is 28.2 Å². The Kier molecular flexibility index (Phi) is 8.53. The van der Waals surface area contributed by atoms with Crippen molar-refractivity contribution in [2.24, 2.45) is 5.73 Å². The summed E-state index contributed by atoms with van der Waals surface area (Å²) in [5, 5.41) is 14.8. The second kappa shape index (κ2) is 11.3. The van der Waals surface area contributed by atoms with Crippen molar-refractivity contribution >= 4 is 28.5 Å². The quantitative estimate of drug-likeness (QED) is 0.384. The van der Waals surface area contributed by atoms with Crippen LogP contribution in [-0.2, 0) is 6.61 Å². The van der Waals surface area contributed by atoms with E-state index in [-0.39, 0.29) is 40.3 Å². The number of hydrogen-bond donors (Lipinski definition) is 4. The molecule has 1 aliphatic heterocycles. The van der Waals surface area contributed by atoms with Crippen LogP contribution < -0.4 is 21.1 Å². The maximum Gasteiger partial charge on any atom is 0.319 e. The highest BCUT2D eigenvalue weighted by Crippen LogP contribution is 2.31. The number of nitrogens with two attached hydrogens (primary N) is 1. The van der Waals surface area contributed by atoms with Crippen LogP contribution in [0.3, 0.4) is 0 Å². The van der Waals surface area contributed by atoms with Crippen molar-refractivity contribution in [1.29, 1.82) is 0 Å². The van der Waals surface area contributed by atoms with Gasteiger partial charge in [0.15, 0.2) is 0 Å². The number of likely N-dealkylation sites (tertiary alicyclic amines) is 1. The molecule has 1 aromatic heterocycles. The SMILES string of the molecule is Cc1cc(F)c(COc2nsc(NC(=O)NCCCCN3CCC(O)C3)c2C(N)=O)cc1F. The molecule has 12 heteroatoms. The lowest BCUT2D eigenvalue weighted by Gasteiger charge is -2.14. The smallest absolute Gasteiger partial charge is 0.319 e. The highest BCUT2D eigenvalue weighted by Gasteiger charge is 2.23. The lowest BCUT2D eigenvalue weighted by atomic mass is 10.1. The van der Waals surface area contributed by atoms with E-state index in [0.29, 0.717) is 13.1 Å². The number of nitrogens with one attached hydrogen (secondary N) is 2. The monoisotopic (exact) mass is 483 g/mol. The molecule has 0 aliphatic carbocycles. The van der Waals surface area contributed by atoms with E-state index in [9.17, 15) is 23.5 Å². The highest BCUT2D eigenvalue weighted by molar-refractivity contribution is 7.11. The summed E-state index contributed by atoms with van der Waals surface area (Å²) in [4.78, 5) is 26.3. The highest BCUT2D eigenvalue weighted by atomic mass is 32.1. The Morgan fingerprint density at radius 3 is 2.82 bits per heavy atom. The first-order chi connectivity index (χ1) is 15.7. The van der Waals surface area contributed by atoms with Crippen molar-refractivity contribution in [3.63, 3.8) is 0 Å². The van der Waals surface area contributed by atoms with E-state index in [1.54, 1.807) is 0 Å². The van der Waals surface area contributed by atoms with Crippen LogP contribution in [0.5, 0.6) is 5.88 Å². The molecule has 5 N–H and O–H groups in total. The molecule has 1 aromatic carbocycles. The van der Waals surface area contributed by atoms with Crippen LogP contribution in [0.1, 0.15) is 40.7 Å². The van der Waals surface area contributed by atoms with Gasteiger partial charge in [0.25, 0.3) is 5.91 Å². The number of carbonyl (C=O) groups is 2. The second-order valence-corrected chi connectivity index (χ2v) is 8.64. The molecule has 1 fully saturated rings. The molecule has 0 bridgehead atoms. The molecule has 1 unspecified atom stereocenters. The number of hydrogen-bond acceptors (Lipinski definition) is 7. The zero-order valence-electron chi connectivity index (χ0n) is 18.2. The van der Waals surface area contributed by atoms with Crippen molar-refractivity contribution in [3.05, 3.63) is 40.5 Å². The number of benzene rings is 1. The third-order valence-corrected chi connectivity index (χ3v) is 6.01. The second-order valence-electron chi connectivity index (χ2n) is 7.87. The van der Waals surface area contributed by atoms with Gasteiger partial charge in [-0.05, 0) is 62.0 Å². The maximum absolute atomic E-state index is 14.0. The Labute approximate surface area is 194 Å². The molecule has 1 atom stereocenters. The molecule has 0 saturated carbocycles. The predicted octanol–water partition coefficient (Wildman–Crippen LogP) is 2.38. The molecule has 2 heterocycles. The van der Waals surface area contributed by atoms with Gasteiger partial charge in [-0.25, -0.2) is 13.6 Å². The summed E-state index contributed by atoms with van der Waals surface area (Å²) >= 11 is 0.793. The number of primary amides is 1. The van der Waals surface area contributed by atoms with Gasteiger partial charge in [-0.2, -0.15) is 4.37 Å². The first-order valence-electron chi connectivity index (χ1n) is 10.6. The number of β-amino-alcohol motifs (C(OH)–C–C–N with tert-alkyl or cyclic N) is 1. The van der Waals surface area contributed by atoms with Crippen LogP contribution in [0.15, 0.2) is 12.1 Å². The number of aryl methyl sites for hydroxylation is 1. The minimum absolute atomic E-state index is 0.0442. The van der Waals surface area contributed by atoms with E-state index in [1.165, 1.54) is 6.92 Å². The van der Waals surface area contributed by atoms with Crippen LogP contribution >= 0.6 is 11.5 Å². The molecule has 180 valence electrons. The number of anilines is 1. The summed E-state index contributed by atoms with van der Waals surface area (Å²) < 4.78 is 37.1. The fourth-order valence-electron chi connectivity index (χ4n) is 3.45. The summed E-state index contributed by atoms with van der Waals surface area (Å²) in [5.74, 6) is -2.28. The van der Waals surface area contributed by atoms with Gasteiger partial charge in [-0.15, -0.1) is 0 Å². The van der Waals surface area contributed by atoms with Crippen LogP contribution in [0.25, 0.3) is 0 Å². The molecule has 33 heavy (non-hydrogen) atoms. The van der Waals surface area contributed by atoms with E-state index in [2.05, 4.69) is 19.9 Å². The Morgan fingerprint density at radius 2 is 2.12 bits per heavy atom. The number of urea groups is 1. The molecule has 2 aromatic rings. The van der Waals surface area contributed by atoms with E-state index in [4.69, 9.17) is 10.5 Å². The first-order valence-corrected chi connectivity index (χ1v) is 11.3. The number of rotatable bonds is 10. The molecular formula is C21H27F2N5O4S. The number of aromatic nitrogens is 1. The van der Waals surface area contributed by atoms with E-state index in [0.717, 1.165) is 56.0 Å². The lowest BCUT2D eigenvalue weighted by Crippen LogP contribution is -2.31. The van der Waals surface area contributed by atoms with Crippen LogP contribution in [0.4, 0.5) is 18.6 Å². The molecule has 0 radical (unpaired) electrons. The molecule has 3 rings (SSSR count). The standard InChI is InChI=1S/C21H27F2N5O4S/c1-12-8-16(23)13(9-15(12)22)11-32-19-17(18(24)30)20(33-27-19)26-21(31)25-5-2-3-6-28-7-4-14(29)10-28/h8-9,14,29H,2-7,10-11H2,1H3,(H2,24,30)(H2,25,26,31). The van der Waals surface area contributed by atoms with Gasteiger partial charge in [0, 0.05) is 25.2 Å². The molecular weight excluding hydrogens is 456 g/mol. The van der Waals surface area contributed by atoms with Crippen LogP contribution in [0.2, 0.25) is 0 Å². The van der Waals surface area contributed by atoms with Crippen molar-refractivity contribution in [3.8, 4) is 5.88 Å². The zero-order valence-corrected chi connectivity index (χ0v) is 19.0. The Bertz CT molecular complexity index is 1000. The van der Waals surface area contributed by atoms with Crippen LogP contribution in [-0.4, -0.2) is 58.6 Å². The van der Waals surface area contributed by atoms with Crippen LogP contribution in [0, 0.1) is 18.6 Å². The van der Waals surface area contributed by atoms with E-state index < -0.39 is 23.6 Å². The predicted molar refractivity (Wildman–Crippen MR) is 119 cm³/mol. The van der Waals surface area contributed by atoms with Gasteiger partial charge in [-0.3, -0.25) is 10.1 Å². The Hall–Kier alpha value is -2.83. The van der Waals surface area contributed by atoms with Gasteiger partial charge >= 0.3 is 6.03 Å². The summed E-state index contributed by atoms with van der Waals surface area (Å²) in [6.45, 7) is 3.92. The number of ether oxygens (including phenoxy) is 1. The largest absolute Gasteiger partial charge is 0.471 e. The van der Waals surface area contributed by atoms with E-state index >= 15 is 0 Å². The fraction of sp³-hybridized carbons (Fsp3) is 0.476. The van der Waals surface area contributed by atoms with Crippen molar-refractivity contribution in [2.75, 3.05) is 31.5 Å². The zero-order chi connectivity index (χ0) is 24.0. The number of unbranched alkanes of at least 4 members (excludes halogenated alkanes) is 1. The summed E-state index contributed by atoms with van der Waals surface area (Å²) in [5.41, 5.74) is 5.38. The Balaban J connectivity index is 1.50. The number of aliphatic hydroxyl groups excluding tert-OH is 1. The van der Waals surface area contributed by atoms with Crippen molar-refractivity contribution in [1.82, 2.24) is 14.6 Å². The third kappa shape index (κ3) is 6.83. The number of nitrogens with zero attached hydrogens (tertiary/aromatic N) is 2. The summed E-state index contributed by atoms with van der Waals surface area (Å²) in [6.07, 6.45) is 2.16. The van der Waals surface area contributed by atoms with Gasteiger partial charge in [0.05, 0.1) is 6.10 Å². The number of carbonyl (C=O) groups excluding carboxylic acids is 2. The van der Waals surface area contributed by atoms with Gasteiger partial charge in [0.1, 0.15) is 28.8 Å². The topological polar surface area (TPSA) is 130 Å². The first kappa shape index (κ1) is 24.8. The normalized spacial score (nSPS) is 16.1. The number of amides is 3. The third-order valence-electron chi connectivity index (χ3n) is 5.26. The Morgan fingerprint density at radius 1 is 1.33 bits per heavy atom. The number of halogens is 2. The summed E-state index contributed by atoms with van der Waals surface area (Å²) in [6, 6.07) is 1.53. The summed E-state index contributed by atoms with van der Waals surface area (Å²) in [7, 11) is 0. The van der Waals surface area contributed by atoms with Gasteiger partial charge in [-0.1, -0.05) is 0 Å². The van der Waals surface area contributed by atoms with E-state index in [1.807, 2.05) is 0 Å². The average molecular weight is 484 g/mol. The van der Waals surface area contributed by atoms with Gasteiger partial charge < -0.3 is 25.8 Å². The molecule has 0 spiro atoms.